The maximum absolute atomic E-state index is 12.3. The molecule has 0 aliphatic heterocycles. The van der Waals surface area contributed by atoms with E-state index in [2.05, 4.69) is 20.8 Å². The molecule has 3 heteroatoms. The van der Waals surface area contributed by atoms with Crippen molar-refractivity contribution in [1.82, 2.24) is 4.57 Å². The van der Waals surface area contributed by atoms with Crippen molar-refractivity contribution >= 4 is 16.6 Å². The Morgan fingerprint density at radius 2 is 1.88 bits per heavy atom. The van der Waals surface area contributed by atoms with Gasteiger partial charge in [0.05, 0.1) is 0 Å². The third-order valence-corrected chi connectivity index (χ3v) is 2.68. The van der Waals surface area contributed by atoms with Crippen molar-refractivity contribution < 1.29 is 0 Å². The molecule has 2 aromatic rings. The summed E-state index contributed by atoms with van der Waals surface area (Å²) in [5.74, 6) is 0.531. The van der Waals surface area contributed by atoms with Gasteiger partial charge >= 0.3 is 0 Å². The van der Waals surface area contributed by atoms with Gasteiger partial charge in [-0.3, -0.25) is 9.36 Å². The third-order valence-electron chi connectivity index (χ3n) is 2.68. The van der Waals surface area contributed by atoms with Gasteiger partial charge in [0.2, 0.25) is 0 Å². The summed E-state index contributed by atoms with van der Waals surface area (Å²) in [6.45, 7) is 6.90. The predicted molar refractivity (Wildman–Crippen MR) is 72.1 cm³/mol. The van der Waals surface area contributed by atoms with E-state index < -0.39 is 0 Å². The number of fused-ring (bicyclic) bond motifs is 1. The molecule has 0 spiro atoms. The first-order chi connectivity index (χ1) is 7.88. The molecule has 0 aliphatic rings. The SMILES string of the molecule is CC(C)(C)Cn1c(N)cc2ccccc2c1=O. The first kappa shape index (κ1) is 11.7. The molecule has 0 unspecified atom stereocenters. The number of anilines is 1. The first-order valence-electron chi connectivity index (χ1n) is 5.76. The molecule has 1 aromatic heterocycles. The van der Waals surface area contributed by atoms with E-state index in [1.807, 2.05) is 30.3 Å². The summed E-state index contributed by atoms with van der Waals surface area (Å²) in [4.78, 5) is 12.3. The highest BCUT2D eigenvalue weighted by molar-refractivity contribution is 5.83. The van der Waals surface area contributed by atoms with Crippen molar-refractivity contribution in [3.63, 3.8) is 0 Å². The average molecular weight is 230 g/mol. The second-order valence-electron chi connectivity index (χ2n) is 5.61. The molecule has 1 heterocycles. The van der Waals surface area contributed by atoms with E-state index in [0.717, 1.165) is 10.8 Å². The molecule has 0 saturated heterocycles. The number of hydrogen-bond donors (Lipinski definition) is 1. The van der Waals surface area contributed by atoms with Gasteiger partial charge in [-0.2, -0.15) is 0 Å². The van der Waals surface area contributed by atoms with Gasteiger partial charge in [0.1, 0.15) is 5.82 Å². The minimum atomic E-state index is -0.00414. The van der Waals surface area contributed by atoms with E-state index in [-0.39, 0.29) is 11.0 Å². The van der Waals surface area contributed by atoms with Crippen molar-refractivity contribution in [3.05, 3.63) is 40.7 Å². The quantitative estimate of drug-likeness (QED) is 0.818. The zero-order valence-electron chi connectivity index (χ0n) is 10.5. The Kier molecular flexibility index (Phi) is 2.69. The minimum absolute atomic E-state index is 0.00414. The fourth-order valence-electron chi connectivity index (χ4n) is 1.95. The van der Waals surface area contributed by atoms with Crippen LogP contribution in [0.1, 0.15) is 20.8 Å². The monoisotopic (exact) mass is 230 g/mol. The Morgan fingerprint density at radius 3 is 2.53 bits per heavy atom. The van der Waals surface area contributed by atoms with Gasteiger partial charge in [-0.25, -0.2) is 0 Å². The molecule has 0 saturated carbocycles. The Labute approximate surface area is 101 Å². The second kappa shape index (κ2) is 3.91. The normalized spacial score (nSPS) is 11.9. The number of hydrogen-bond acceptors (Lipinski definition) is 2. The Hall–Kier alpha value is -1.77. The molecule has 1 aromatic carbocycles. The van der Waals surface area contributed by atoms with Gasteiger partial charge in [-0.1, -0.05) is 39.0 Å². The van der Waals surface area contributed by atoms with Crippen LogP contribution in [0.4, 0.5) is 5.82 Å². The lowest BCUT2D eigenvalue weighted by molar-refractivity contribution is 0.342. The van der Waals surface area contributed by atoms with Crippen LogP contribution in [-0.2, 0) is 6.54 Å². The summed E-state index contributed by atoms with van der Waals surface area (Å²) >= 11 is 0. The number of nitrogens with two attached hydrogens (primary N) is 1. The van der Waals surface area contributed by atoms with Gasteiger partial charge < -0.3 is 5.73 Å². The number of pyridine rings is 1. The third kappa shape index (κ3) is 2.33. The van der Waals surface area contributed by atoms with Crippen LogP contribution in [0.25, 0.3) is 10.8 Å². The van der Waals surface area contributed by atoms with Crippen LogP contribution in [0.3, 0.4) is 0 Å². The fraction of sp³-hybridized carbons (Fsp3) is 0.357. The Bertz CT molecular complexity index is 606. The maximum atomic E-state index is 12.3. The lowest BCUT2D eigenvalue weighted by atomic mass is 9.96. The molecular weight excluding hydrogens is 212 g/mol. The van der Waals surface area contributed by atoms with E-state index in [1.165, 1.54) is 0 Å². The number of aromatic nitrogens is 1. The van der Waals surface area contributed by atoms with Crippen LogP contribution in [0, 0.1) is 5.41 Å². The fourth-order valence-corrected chi connectivity index (χ4v) is 1.95. The second-order valence-corrected chi connectivity index (χ2v) is 5.61. The molecule has 0 amide bonds. The topological polar surface area (TPSA) is 48.0 Å². The molecular formula is C14H18N2O. The molecule has 0 aliphatic carbocycles. The molecule has 0 fully saturated rings. The number of nitrogen functional groups attached to an aromatic ring is 1. The van der Waals surface area contributed by atoms with Crippen molar-refractivity contribution in [2.75, 3.05) is 5.73 Å². The highest BCUT2D eigenvalue weighted by Gasteiger charge is 2.15. The van der Waals surface area contributed by atoms with Crippen LogP contribution in [-0.4, -0.2) is 4.57 Å². The summed E-state index contributed by atoms with van der Waals surface area (Å²) in [5.41, 5.74) is 5.98. The van der Waals surface area contributed by atoms with Crippen LogP contribution in [0.15, 0.2) is 35.1 Å². The molecule has 2 rings (SSSR count). The van der Waals surface area contributed by atoms with Crippen LogP contribution in [0.5, 0.6) is 0 Å². The lowest BCUT2D eigenvalue weighted by Gasteiger charge is -2.21. The largest absolute Gasteiger partial charge is 0.385 e. The van der Waals surface area contributed by atoms with Crippen molar-refractivity contribution in [2.45, 2.75) is 27.3 Å². The molecule has 2 N–H and O–H groups in total. The lowest BCUT2D eigenvalue weighted by Crippen LogP contribution is -2.28. The summed E-state index contributed by atoms with van der Waals surface area (Å²) in [7, 11) is 0. The standard InChI is InChI=1S/C14H18N2O/c1-14(2,3)9-16-12(15)8-10-6-4-5-7-11(10)13(16)17/h4-8H,9,15H2,1-3H3. The molecule has 3 nitrogen and oxygen atoms in total. The minimum Gasteiger partial charge on any atom is -0.385 e. The summed E-state index contributed by atoms with van der Waals surface area (Å²) < 4.78 is 1.66. The van der Waals surface area contributed by atoms with E-state index in [4.69, 9.17) is 5.73 Å². The van der Waals surface area contributed by atoms with Crippen LogP contribution in [0.2, 0.25) is 0 Å². The van der Waals surface area contributed by atoms with Gasteiger partial charge in [-0.05, 0) is 22.9 Å². The zero-order chi connectivity index (χ0) is 12.6. The van der Waals surface area contributed by atoms with Gasteiger partial charge in [-0.15, -0.1) is 0 Å². The highest BCUT2D eigenvalue weighted by Crippen LogP contribution is 2.19. The summed E-state index contributed by atoms with van der Waals surface area (Å²) in [6, 6.07) is 9.41. The van der Waals surface area contributed by atoms with Crippen LogP contribution >= 0.6 is 0 Å². The van der Waals surface area contributed by atoms with Gasteiger partial charge in [0.15, 0.2) is 0 Å². The zero-order valence-corrected chi connectivity index (χ0v) is 10.5. The summed E-state index contributed by atoms with van der Waals surface area (Å²) in [5, 5.41) is 1.63. The molecule has 0 radical (unpaired) electrons. The Morgan fingerprint density at radius 1 is 1.24 bits per heavy atom. The van der Waals surface area contributed by atoms with Crippen molar-refractivity contribution in [2.24, 2.45) is 5.41 Å². The predicted octanol–water partition coefficient (Wildman–Crippen LogP) is 2.63. The van der Waals surface area contributed by atoms with E-state index >= 15 is 0 Å². The smallest absolute Gasteiger partial charge is 0.259 e. The van der Waals surface area contributed by atoms with E-state index in [1.54, 1.807) is 4.57 Å². The maximum Gasteiger partial charge on any atom is 0.259 e. The number of benzene rings is 1. The molecule has 0 bridgehead atoms. The highest BCUT2D eigenvalue weighted by atomic mass is 16.1. The summed E-state index contributed by atoms with van der Waals surface area (Å²) in [6.07, 6.45) is 0. The first-order valence-corrected chi connectivity index (χ1v) is 5.76. The Balaban J connectivity index is 2.68. The van der Waals surface area contributed by atoms with Crippen molar-refractivity contribution in [1.29, 1.82) is 0 Å². The van der Waals surface area contributed by atoms with Gasteiger partial charge in [0.25, 0.3) is 5.56 Å². The number of nitrogens with zero attached hydrogens (tertiary/aromatic N) is 1. The van der Waals surface area contributed by atoms with E-state index in [0.29, 0.717) is 12.4 Å². The molecule has 90 valence electrons. The van der Waals surface area contributed by atoms with Crippen LogP contribution < -0.4 is 11.3 Å². The average Bonchev–Trinajstić information content (AvgIpc) is 2.23. The van der Waals surface area contributed by atoms with Crippen molar-refractivity contribution in [3.8, 4) is 0 Å². The van der Waals surface area contributed by atoms with E-state index in [9.17, 15) is 4.79 Å². The molecule has 0 atom stereocenters. The van der Waals surface area contributed by atoms with Gasteiger partial charge in [0, 0.05) is 11.9 Å². The molecule has 17 heavy (non-hydrogen) atoms. The number of rotatable bonds is 1.